The van der Waals surface area contributed by atoms with Gasteiger partial charge in [-0.2, -0.15) is 0 Å². The fourth-order valence-corrected chi connectivity index (χ4v) is 3.23. The average molecular weight is 403 g/mol. The largest absolute Gasteiger partial charge is 1.00 e. The molecule has 0 amide bonds. The number of aliphatic imine (C=N–C) groups is 1. The van der Waals surface area contributed by atoms with E-state index in [2.05, 4.69) is 0 Å². The number of carbonyl (C=O) groups excluding carboxylic acids is 1. The van der Waals surface area contributed by atoms with E-state index in [0.29, 0.717) is 0 Å². The van der Waals surface area contributed by atoms with Crippen LogP contribution in [0.5, 0.6) is 5.75 Å². The first-order chi connectivity index (χ1) is 13.7. The van der Waals surface area contributed by atoms with Crippen molar-refractivity contribution in [1.29, 1.82) is 0 Å². The number of hydrogen-bond acceptors (Lipinski definition) is 4. The third-order valence-corrected chi connectivity index (χ3v) is 4.77. The number of aliphatic carboxylic acids is 1. The molecule has 0 aromatic heterocycles. The smallest absolute Gasteiger partial charge is 0.550 e. The minimum Gasteiger partial charge on any atom is -0.550 e. The molecule has 0 atom stereocenters. The van der Waals surface area contributed by atoms with Crippen molar-refractivity contribution < 1.29 is 44.6 Å². The Kier molecular flexibility index (Phi) is 13.4. The van der Waals surface area contributed by atoms with E-state index in [0.717, 1.165) is 61.9 Å². The zero-order valence-electron chi connectivity index (χ0n) is 17.5. The number of carboxylic acid groups (broad SMARTS) is 1. The average Bonchev–Trinajstić information content (AvgIpc) is 2.70. The fraction of sp³-hybridized carbons (Fsp3) is 0.417. The second-order valence-electron chi connectivity index (χ2n) is 7.06. The summed E-state index contributed by atoms with van der Waals surface area (Å²) in [6, 6.07) is 17.3. The summed E-state index contributed by atoms with van der Waals surface area (Å²) in [7, 11) is 0. The van der Waals surface area contributed by atoms with Crippen molar-refractivity contribution in [3.05, 3.63) is 65.7 Å². The van der Waals surface area contributed by atoms with Gasteiger partial charge in [-0.3, -0.25) is 4.99 Å². The molecule has 0 saturated heterocycles. The summed E-state index contributed by atoms with van der Waals surface area (Å²) in [4.78, 5) is 15.1. The van der Waals surface area contributed by atoms with Crippen molar-refractivity contribution in [2.24, 2.45) is 4.99 Å². The van der Waals surface area contributed by atoms with Crippen LogP contribution in [0, 0.1) is 0 Å². The molecule has 1 N–H and O–H groups in total. The molecule has 2 rings (SSSR count). The topological polar surface area (TPSA) is 72.7 Å². The molecule has 0 aliphatic heterocycles. The van der Waals surface area contributed by atoms with E-state index < -0.39 is 5.97 Å². The van der Waals surface area contributed by atoms with Crippen LogP contribution in [-0.4, -0.2) is 23.3 Å². The van der Waals surface area contributed by atoms with Crippen LogP contribution >= 0.6 is 0 Å². The molecule has 0 bridgehead atoms. The second-order valence-corrected chi connectivity index (χ2v) is 7.06. The van der Waals surface area contributed by atoms with Gasteiger partial charge in [0, 0.05) is 23.6 Å². The zero-order valence-corrected chi connectivity index (χ0v) is 19.5. The van der Waals surface area contributed by atoms with Gasteiger partial charge in [0.25, 0.3) is 0 Å². The van der Waals surface area contributed by atoms with Gasteiger partial charge in [-0.1, -0.05) is 81.0 Å². The normalized spacial score (nSPS) is 11.1. The van der Waals surface area contributed by atoms with Crippen LogP contribution in [0.4, 0.5) is 0 Å². The molecule has 150 valence electrons. The molecule has 0 aliphatic rings. The summed E-state index contributed by atoms with van der Waals surface area (Å²) < 4.78 is 0. The van der Waals surface area contributed by atoms with Crippen LogP contribution in [0.1, 0.15) is 68.9 Å². The first-order valence-corrected chi connectivity index (χ1v) is 10.3. The van der Waals surface area contributed by atoms with E-state index in [9.17, 15) is 15.0 Å². The van der Waals surface area contributed by atoms with Crippen LogP contribution < -0.4 is 34.7 Å². The van der Waals surface area contributed by atoms with Crippen molar-refractivity contribution in [1.82, 2.24) is 0 Å². The van der Waals surface area contributed by atoms with Crippen LogP contribution in [0.25, 0.3) is 0 Å². The van der Waals surface area contributed by atoms with Gasteiger partial charge in [0.15, 0.2) is 0 Å². The Morgan fingerprint density at radius 3 is 1.97 bits per heavy atom. The van der Waals surface area contributed by atoms with E-state index in [1.54, 1.807) is 6.07 Å². The van der Waals surface area contributed by atoms with E-state index in [-0.39, 0.29) is 41.7 Å². The van der Waals surface area contributed by atoms with Crippen molar-refractivity contribution in [2.45, 2.75) is 57.8 Å². The summed E-state index contributed by atoms with van der Waals surface area (Å²) in [6.07, 6.45) is 8.64. The summed E-state index contributed by atoms with van der Waals surface area (Å²) in [6.45, 7) is 0.740. The molecule has 0 saturated carbocycles. The molecule has 4 nitrogen and oxygen atoms in total. The molecular weight excluding hydrogens is 373 g/mol. The molecule has 5 heteroatoms. The van der Waals surface area contributed by atoms with Crippen LogP contribution in [0.15, 0.2) is 59.6 Å². The van der Waals surface area contributed by atoms with Gasteiger partial charge in [0.2, 0.25) is 0 Å². The van der Waals surface area contributed by atoms with Gasteiger partial charge in [0.05, 0.1) is 5.71 Å². The number of para-hydroxylation sites is 1. The summed E-state index contributed by atoms with van der Waals surface area (Å²) in [5.74, 6) is -0.692. The number of benzene rings is 2. The van der Waals surface area contributed by atoms with Crippen LogP contribution in [0.2, 0.25) is 0 Å². The van der Waals surface area contributed by atoms with Crippen molar-refractivity contribution in [3.8, 4) is 5.75 Å². The molecule has 0 spiro atoms. The van der Waals surface area contributed by atoms with Gasteiger partial charge < -0.3 is 15.0 Å². The van der Waals surface area contributed by atoms with Gasteiger partial charge in [-0.25, -0.2) is 0 Å². The number of unbranched alkanes of at least 4 members (excludes halogenated alkanes) is 7. The number of carboxylic acids is 1. The van der Waals surface area contributed by atoms with E-state index in [1.165, 1.54) is 12.8 Å². The zero-order chi connectivity index (χ0) is 20.0. The quantitative estimate of drug-likeness (QED) is 0.313. The third kappa shape index (κ3) is 10.1. The Hall–Kier alpha value is -1.62. The predicted molar refractivity (Wildman–Crippen MR) is 112 cm³/mol. The molecule has 2 aromatic rings. The Balaban J connectivity index is 0.00000420. The Bertz CT molecular complexity index is 747. The van der Waals surface area contributed by atoms with Gasteiger partial charge >= 0.3 is 29.6 Å². The molecule has 0 heterocycles. The summed E-state index contributed by atoms with van der Waals surface area (Å²) >= 11 is 0. The van der Waals surface area contributed by atoms with Gasteiger partial charge in [-0.05, 0) is 31.4 Å². The monoisotopic (exact) mass is 403 g/mol. The van der Waals surface area contributed by atoms with Gasteiger partial charge in [0.1, 0.15) is 5.75 Å². The van der Waals surface area contributed by atoms with Gasteiger partial charge in [-0.15, -0.1) is 0 Å². The van der Waals surface area contributed by atoms with Crippen molar-refractivity contribution in [3.63, 3.8) is 0 Å². The molecule has 0 radical (unpaired) electrons. The molecule has 0 unspecified atom stereocenters. The number of phenolic OH excluding ortho intramolecular Hbond substituents is 1. The maximum atomic E-state index is 10.3. The van der Waals surface area contributed by atoms with Crippen LogP contribution in [0.3, 0.4) is 0 Å². The molecular formula is C24H30NNaO3. The number of rotatable bonds is 13. The van der Waals surface area contributed by atoms with Crippen LogP contribution in [-0.2, 0) is 4.79 Å². The first kappa shape index (κ1) is 25.4. The Morgan fingerprint density at radius 1 is 0.793 bits per heavy atom. The Morgan fingerprint density at radius 2 is 1.34 bits per heavy atom. The van der Waals surface area contributed by atoms with Crippen molar-refractivity contribution in [2.75, 3.05) is 6.54 Å². The summed E-state index contributed by atoms with van der Waals surface area (Å²) in [5.41, 5.74) is 2.62. The number of nitrogens with zero attached hydrogens (tertiary/aromatic N) is 1. The standard InChI is InChI=1S/C24H31NO3.Na/c26-22-17-12-11-16-21(22)24(20-14-8-7-9-15-20)25-19-13-6-4-2-1-3-5-10-18-23(27)28;/h7-9,11-12,14-17,26H,1-6,10,13,18-19H2,(H,27,28);/q;+1/p-1. The molecule has 0 fully saturated rings. The minimum absolute atomic E-state index is 0. The first-order valence-electron chi connectivity index (χ1n) is 10.3. The maximum Gasteiger partial charge on any atom is 1.00 e. The number of phenols is 1. The number of aromatic hydroxyl groups is 1. The molecule has 0 aliphatic carbocycles. The maximum absolute atomic E-state index is 10.3. The SMILES string of the molecule is O=C([O-])CCCCCCCCCCN=C(c1ccccc1)c1ccccc1O.[Na+]. The third-order valence-electron chi connectivity index (χ3n) is 4.77. The summed E-state index contributed by atoms with van der Waals surface area (Å²) in [5, 5.41) is 20.6. The van der Waals surface area contributed by atoms with E-state index in [1.807, 2.05) is 48.5 Å². The molecule has 2 aromatic carbocycles. The fourth-order valence-electron chi connectivity index (χ4n) is 3.23. The number of carbonyl (C=O) groups is 1. The predicted octanol–water partition coefficient (Wildman–Crippen LogP) is 1.49. The minimum atomic E-state index is -0.945. The van der Waals surface area contributed by atoms with Crippen molar-refractivity contribution >= 4 is 11.7 Å². The molecule has 29 heavy (non-hydrogen) atoms. The van der Waals surface area contributed by atoms with E-state index >= 15 is 0 Å². The Labute approximate surface area is 196 Å². The van der Waals surface area contributed by atoms with E-state index in [4.69, 9.17) is 4.99 Å². The second kappa shape index (κ2) is 15.3. The number of hydrogen-bond donors (Lipinski definition) is 1.